The van der Waals surface area contributed by atoms with Crippen molar-refractivity contribution in [3.05, 3.63) is 60.8 Å². The average molecular weight is 376 g/mol. The van der Waals surface area contributed by atoms with Crippen LogP contribution in [0.3, 0.4) is 0 Å². The van der Waals surface area contributed by atoms with Crippen molar-refractivity contribution >= 4 is 17.2 Å². The van der Waals surface area contributed by atoms with Gasteiger partial charge in [0.15, 0.2) is 23.0 Å². The van der Waals surface area contributed by atoms with Crippen LogP contribution in [0, 0.1) is 0 Å². The zero-order chi connectivity index (χ0) is 19.5. The Balaban J connectivity index is 1.69. The van der Waals surface area contributed by atoms with Crippen LogP contribution >= 0.6 is 0 Å². The molecule has 2 aromatic carbocycles. The molecule has 0 unspecified atom stereocenters. The number of methoxy groups -OCH3 is 3. The van der Waals surface area contributed by atoms with Crippen LogP contribution in [0.5, 0.6) is 17.2 Å². The van der Waals surface area contributed by atoms with E-state index in [1.165, 1.54) is 0 Å². The number of ether oxygens (including phenoxy) is 3. The number of hydrogen-bond acceptors (Lipinski definition) is 6. The third-order valence-electron chi connectivity index (χ3n) is 4.40. The molecule has 2 heterocycles. The average Bonchev–Trinajstić information content (AvgIpc) is 3.15. The molecule has 4 rings (SSSR count). The molecule has 0 atom stereocenters. The smallest absolute Gasteiger partial charge is 0.161 e. The summed E-state index contributed by atoms with van der Waals surface area (Å²) in [5, 5.41) is 8.07. The van der Waals surface area contributed by atoms with Crippen molar-refractivity contribution in [1.29, 1.82) is 0 Å². The molecule has 1 N–H and O–H groups in total. The topological polar surface area (TPSA) is 69.9 Å². The zero-order valence-corrected chi connectivity index (χ0v) is 15.8. The summed E-state index contributed by atoms with van der Waals surface area (Å²) in [6.07, 6.45) is 1.75. The normalized spacial score (nSPS) is 10.7. The van der Waals surface area contributed by atoms with E-state index in [0.29, 0.717) is 11.5 Å². The van der Waals surface area contributed by atoms with Crippen molar-refractivity contribution in [3.63, 3.8) is 0 Å². The minimum absolute atomic E-state index is 0.657. The van der Waals surface area contributed by atoms with E-state index in [4.69, 9.17) is 19.3 Å². The summed E-state index contributed by atoms with van der Waals surface area (Å²) >= 11 is 0. The highest BCUT2D eigenvalue weighted by molar-refractivity contribution is 5.66. The minimum atomic E-state index is 0.657. The molecule has 0 fully saturated rings. The highest BCUT2D eigenvalue weighted by atomic mass is 16.5. The van der Waals surface area contributed by atoms with Gasteiger partial charge in [-0.15, -0.1) is 0 Å². The molecular weight excluding hydrogens is 356 g/mol. The van der Waals surface area contributed by atoms with E-state index >= 15 is 0 Å². The van der Waals surface area contributed by atoms with Crippen LogP contribution in [0.1, 0.15) is 0 Å². The lowest BCUT2D eigenvalue weighted by atomic mass is 10.1. The molecule has 0 saturated carbocycles. The van der Waals surface area contributed by atoms with Crippen molar-refractivity contribution in [1.82, 2.24) is 14.6 Å². The lowest BCUT2D eigenvalue weighted by Gasteiger charge is -2.10. The van der Waals surface area contributed by atoms with Gasteiger partial charge in [-0.05, 0) is 54.6 Å². The quantitative estimate of drug-likeness (QED) is 0.545. The van der Waals surface area contributed by atoms with Crippen molar-refractivity contribution in [2.75, 3.05) is 26.6 Å². The Morgan fingerprint density at radius 1 is 0.821 bits per heavy atom. The van der Waals surface area contributed by atoms with Crippen LogP contribution in [0.25, 0.3) is 16.9 Å². The molecule has 0 amide bonds. The lowest BCUT2D eigenvalue weighted by Crippen LogP contribution is -2.00. The largest absolute Gasteiger partial charge is 0.497 e. The Morgan fingerprint density at radius 3 is 2.32 bits per heavy atom. The fourth-order valence-electron chi connectivity index (χ4n) is 2.93. The maximum Gasteiger partial charge on any atom is 0.161 e. The number of benzene rings is 2. The fourth-order valence-corrected chi connectivity index (χ4v) is 2.93. The molecule has 0 aliphatic rings. The van der Waals surface area contributed by atoms with E-state index in [1.807, 2.05) is 54.6 Å². The molecule has 0 aliphatic heterocycles. The Kier molecular flexibility index (Phi) is 4.72. The molecule has 142 valence electrons. The monoisotopic (exact) mass is 376 g/mol. The van der Waals surface area contributed by atoms with Gasteiger partial charge in [-0.2, -0.15) is 9.61 Å². The maximum atomic E-state index is 5.40. The van der Waals surface area contributed by atoms with Crippen LogP contribution in [0.2, 0.25) is 0 Å². The molecule has 7 heteroatoms. The molecule has 0 aliphatic carbocycles. The first-order valence-electron chi connectivity index (χ1n) is 8.70. The van der Waals surface area contributed by atoms with Crippen molar-refractivity contribution in [2.45, 2.75) is 0 Å². The first-order chi connectivity index (χ1) is 13.7. The summed E-state index contributed by atoms with van der Waals surface area (Å²) in [5.41, 5.74) is 3.38. The van der Waals surface area contributed by atoms with Gasteiger partial charge in [0.2, 0.25) is 0 Å². The van der Waals surface area contributed by atoms with Gasteiger partial charge in [0, 0.05) is 11.3 Å². The van der Waals surface area contributed by atoms with Gasteiger partial charge in [-0.3, -0.25) is 0 Å². The molecule has 0 saturated heterocycles. The van der Waals surface area contributed by atoms with Crippen molar-refractivity contribution < 1.29 is 14.2 Å². The first-order valence-corrected chi connectivity index (χ1v) is 8.70. The fraction of sp³-hybridized carbons (Fsp3) is 0.143. The summed E-state index contributed by atoms with van der Waals surface area (Å²) in [4.78, 5) is 4.41. The number of aromatic nitrogens is 3. The molecule has 7 nitrogen and oxygen atoms in total. The molecule has 0 spiro atoms. The van der Waals surface area contributed by atoms with Crippen LogP contribution in [0.4, 0.5) is 11.5 Å². The number of nitrogens with zero attached hydrogens (tertiary/aromatic N) is 3. The second kappa shape index (κ2) is 7.48. The molecule has 28 heavy (non-hydrogen) atoms. The van der Waals surface area contributed by atoms with E-state index in [1.54, 1.807) is 32.0 Å². The van der Waals surface area contributed by atoms with Crippen LogP contribution in [0.15, 0.2) is 60.8 Å². The Labute approximate surface area is 162 Å². The molecule has 0 radical (unpaired) electrons. The molecule has 4 aromatic rings. The van der Waals surface area contributed by atoms with Crippen LogP contribution < -0.4 is 19.5 Å². The number of fused-ring (bicyclic) bond motifs is 1. The van der Waals surface area contributed by atoms with Crippen molar-refractivity contribution in [3.8, 4) is 28.5 Å². The standard InChI is InChI=1S/C21H20N4O3/c1-26-16-7-5-15(6-8-16)23-21-13-22-20-11-9-17(24-25(20)21)14-4-10-18(27-2)19(12-14)28-3/h4-13,23H,1-3H3. The predicted molar refractivity (Wildman–Crippen MR) is 108 cm³/mol. The third-order valence-corrected chi connectivity index (χ3v) is 4.40. The van der Waals surface area contributed by atoms with E-state index in [2.05, 4.69) is 10.3 Å². The van der Waals surface area contributed by atoms with Crippen molar-refractivity contribution in [2.24, 2.45) is 0 Å². The first kappa shape index (κ1) is 17.7. The minimum Gasteiger partial charge on any atom is -0.497 e. The number of anilines is 2. The van der Waals surface area contributed by atoms with Gasteiger partial charge in [-0.25, -0.2) is 4.98 Å². The zero-order valence-electron chi connectivity index (χ0n) is 15.8. The van der Waals surface area contributed by atoms with E-state index in [0.717, 1.165) is 34.2 Å². The van der Waals surface area contributed by atoms with Gasteiger partial charge in [-0.1, -0.05) is 0 Å². The number of nitrogens with one attached hydrogen (secondary N) is 1. The van der Waals surface area contributed by atoms with Gasteiger partial charge >= 0.3 is 0 Å². The molecular formula is C21H20N4O3. The summed E-state index contributed by atoms with van der Waals surface area (Å²) in [5.74, 6) is 2.90. The molecule has 2 aromatic heterocycles. The summed E-state index contributed by atoms with van der Waals surface area (Å²) < 4.78 is 17.7. The third kappa shape index (κ3) is 3.29. The number of rotatable bonds is 6. The second-order valence-corrected chi connectivity index (χ2v) is 6.06. The van der Waals surface area contributed by atoms with Gasteiger partial charge < -0.3 is 19.5 Å². The van der Waals surface area contributed by atoms with E-state index < -0.39 is 0 Å². The summed E-state index contributed by atoms with van der Waals surface area (Å²) in [6, 6.07) is 17.3. The maximum absolute atomic E-state index is 5.40. The Hall–Kier alpha value is -3.74. The number of imidazole rings is 1. The van der Waals surface area contributed by atoms with E-state index in [9.17, 15) is 0 Å². The van der Waals surface area contributed by atoms with E-state index in [-0.39, 0.29) is 0 Å². The van der Waals surface area contributed by atoms with Crippen LogP contribution in [-0.2, 0) is 0 Å². The van der Waals surface area contributed by atoms with Gasteiger partial charge in [0.25, 0.3) is 0 Å². The van der Waals surface area contributed by atoms with Gasteiger partial charge in [0.05, 0.1) is 33.2 Å². The highest BCUT2D eigenvalue weighted by Gasteiger charge is 2.10. The Bertz CT molecular complexity index is 1110. The van der Waals surface area contributed by atoms with Gasteiger partial charge in [0.1, 0.15) is 5.75 Å². The Morgan fingerprint density at radius 2 is 1.61 bits per heavy atom. The molecule has 0 bridgehead atoms. The summed E-state index contributed by atoms with van der Waals surface area (Å²) in [7, 11) is 4.88. The predicted octanol–water partition coefficient (Wildman–Crippen LogP) is 4.17. The lowest BCUT2D eigenvalue weighted by molar-refractivity contribution is 0.355. The number of hydrogen-bond donors (Lipinski definition) is 1. The SMILES string of the molecule is COc1ccc(Nc2cnc3ccc(-c4ccc(OC)c(OC)c4)nn23)cc1. The second-order valence-electron chi connectivity index (χ2n) is 6.06. The van der Waals surface area contributed by atoms with Crippen LogP contribution in [-0.4, -0.2) is 35.9 Å². The highest BCUT2D eigenvalue weighted by Crippen LogP contribution is 2.32. The summed E-state index contributed by atoms with van der Waals surface area (Å²) in [6.45, 7) is 0.